The zero-order chi connectivity index (χ0) is 14.1. The third-order valence-corrected chi connectivity index (χ3v) is 4.51. The molecule has 1 atom stereocenters. The number of amides is 2. The number of nitrogens with one attached hydrogen (secondary N) is 1. The molecule has 1 saturated heterocycles. The summed E-state index contributed by atoms with van der Waals surface area (Å²) >= 11 is 1.45. The summed E-state index contributed by atoms with van der Waals surface area (Å²) in [5, 5.41) is 3.43. The van der Waals surface area contributed by atoms with Gasteiger partial charge in [0.1, 0.15) is 0 Å². The Morgan fingerprint density at radius 2 is 2.25 bits per heavy atom. The Kier molecular flexibility index (Phi) is 3.40. The Morgan fingerprint density at radius 1 is 1.45 bits per heavy atom. The number of nitrogens with zero attached hydrogens (tertiary/aromatic N) is 2. The molecule has 2 heterocycles. The number of benzene rings is 1. The molecule has 0 bridgehead atoms. The lowest BCUT2D eigenvalue weighted by atomic mass is 9.96. The SMILES string of the molecule is CN1CC[C@H](C(=O)Nc2nc3ccccc3s2)CC1=O. The Morgan fingerprint density at radius 3 is 3.00 bits per heavy atom. The van der Waals surface area contributed by atoms with Gasteiger partial charge >= 0.3 is 0 Å². The van der Waals surface area contributed by atoms with Crippen molar-refractivity contribution in [1.82, 2.24) is 9.88 Å². The summed E-state index contributed by atoms with van der Waals surface area (Å²) in [6, 6.07) is 7.76. The molecule has 5 nitrogen and oxygen atoms in total. The molecule has 104 valence electrons. The number of thiazole rings is 1. The highest BCUT2D eigenvalue weighted by Crippen LogP contribution is 2.27. The topological polar surface area (TPSA) is 62.3 Å². The highest BCUT2D eigenvalue weighted by molar-refractivity contribution is 7.22. The molecule has 3 rings (SSSR count). The summed E-state index contributed by atoms with van der Waals surface area (Å²) in [7, 11) is 1.77. The number of carbonyl (C=O) groups is 2. The zero-order valence-electron chi connectivity index (χ0n) is 11.1. The van der Waals surface area contributed by atoms with Crippen molar-refractivity contribution in [1.29, 1.82) is 0 Å². The van der Waals surface area contributed by atoms with E-state index in [1.165, 1.54) is 11.3 Å². The second-order valence-corrected chi connectivity index (χ2v) is 6.01. The van der Waals surface area contributed by atoms with E-state index in [-0.39, 0.29) is 24.2 Å². The molecule has 1 fully saturated rings. The monoisotopic (exact) mass is 289 g/mol. The van der Waals surface area contributed by atoms with Crippen LogP contribution in [-0.2, 0) is 9.59 Å². The summed E-state index contributed by atoms with van der Waals surface area (Å²) in [5.74, 6) is -0.322. The number of hydrogen-bond acceptors (Lipinski definition) is 4. The number of fused-ring (bicyclic) bond motifs is 1. The molecule has 0 aliphatic carbocycles. The first-order chi connectivity index (χ1) is 9.63. The van der Waals surface area contributed by atoms with Crippen molar-refractivity contribution in [3.05, 3.63) is 24.3 Å². The second-order valence-electron chi connectivity index (χ2n) is 4.98. The smallest absolute Gasteiger partial charge is 0.229 e. The number of anilines is 1. The van der Waals surface area contributed by atoms with E-state index in [4.69, 9.17) is 0 Å². The normalized spacial score (nSPS) is 19.4. The Hall–Kier alpha value is -1.95. The molecule has 0 radical (unpaired) electrons. The summed E-state index contributed by atoms with van der Waals surface area (Å²) in [5.41, 5.74) is 0.882. The van der Waals surface area contributed by atoms with Crippen LogP contribution < -0.4 is 5.32 Å². The van der Waals surface area contributed by atoms with Gasteiger partial charge in [0.2, 0.25) is 11.8 Å². The molecule has 0 unspecified atom stereocenters. The Labute approximate surface area is 120 Å². The van der Waals surface area contributed by atoms with E-state index < -0.39 is 0 Å². The van der Waals surface area contributed by atoms with Gasteiger partial charge in [-0.15, -0.1) is 0 Å². The van der Waals surface area contributed by atoms with Crippen LogP contribution in [0.4, 0.5) is 5.13 Å². The molecule has 1 aliphatic heterocycles. The summed E-state index contributed by atoms with van der Waals surface area (Å²) in [6.07, 6.45) is 0.992. The number of carbonyl (C=O) groups excluding carboxylic acids is 2. The van der Waals surface area contributed by atoms with Gasteiger partial charge in [-0.2, -0.15) is 0 Å². The minimum atomic E-state index is -0.245. The predicted molar refractivity (Wildman–Crippen MR) is 78.6 cm³/mol. The average molecular weight is 289 g/mol. The van der Waals surface area contributed by atoms with Crippen LogP contribution in [0.3, 0.4) is 0 Å². The van der Waals surface area contributed by atoms with Crippen LogP contribution in [0.1, 0.15) is 12.8 Å². The highest BCUT2D eigenvalue weighted by Gasteiger charge is 2.29. The van der Waals surface area contributed by atoms with Crippen molar-refractivity contribution in [2.24, 2.45) is 5.92 Å². The summed E-state index contributed by atoms with van der Waals surface area (Å²) in [4.78, 5) is 29.9. The van der Waals surface area contributed by atoms with Gasteiger partial charge in [-0.25, -0.2) is 4.98 Å². The van der Waals surface area contributed by atoms with Crippen molar-refractivity contribution in [3.8, 4) is 0 Å². The zero-order valence-corrected chi connectivity index (χ0v) is 11.9. The van der Waals surface area contributed by atoms with E-state index in [9.17, 15) is 9.59 Å². The molecule has 2 aromatic rings. The predicted octanol–water partition coefficient (Wildman–Crippen LogP) is 2.10. The number of hydrogen-bond donors (Lipinski definition) is 1. The van der Waals surface area contributed by atoms with E-state index in [2.05, 4.69) is 10.3 Å². The molecule has 1 aromatic carbocycles. The lowest BCUT2D eigenvalue weighted by Crippen LogP contribution is -2.39. The quantitative estimate of drug-likeness (QED) is 0.921. The molecule has 0 saturated carbocycles. The molecule has 2 amide bonds. The number of para-hydroxylation sites is 1. The summed E-state index contributed by atoms with van der Waals surface area (Å²) in [6.45, 7) is 0.636. The molecule has 6 heteroatoms. The van der Waals surface area contributed by atoms with Crippen molar-refractivity contribution >= 4 is 38.5 Å². The van der Waals surface area contributed by atoms with Crippen LogP contribution in [0.25, 0.3) is 10.2 Å². The largest absolute Gasteiger partial charge is 0.346 e. The van der Waals surface area contributed by atoms with E-state index in [0.29, 0.717) is 18.1 Å². The van der Waals surface area contributed by atoms with Crippen molar-refractivity contribution in [2.45, 2.75) is 12.8 Å². The Bertz CT molecular complexity index is 634. The molecule has 20 heavy (non-hydrogen) atoms. The fraction of sp³-hybridized carbons (Fsp3) is 0.357. The minimum absolute atomic E-state index is 0.0284. The molecule has 1 aromatic heterocycles. The van der Waals surface area contributed by atoms with Gasteiger partial charge in [-0.1, -0.05) is 23.5 Å². The van der Waals surface area contributed by atoms with E-state index >= 15 is 0 Å². The third kappa shape index (κ3) is 2.51. The molecular weight excluding hydrogens is 274 g/mol. The van der Waals surface area contributed by atoms with Gasteiger partial charge in [0.15, 0.2) is 5.13 Å². The van der Waals surface area contributed by atoms with Crippen LogP contribution in [0.2, 0.25) is 0 Å². The van der Waals surface area contributed by atoms with Crippen LogP contribution >= 0.6 is 11.3 Å². The standard InChI is InChI=1S/C14H15N3O2S/c1-17-7-6-9(8-12(17)18)13(19)16-14-15-10-4-2-3-5-11(10)20-14/h2-5,9H,6-8H2,1H3,(H,15,16,19)/t9-/m0/s1. The number of rotatable bonds is 2. The van der Waals surface area contributed by atoms with E-state index in [1.807, 2.05) is 24.3 Å². The fourth-order valence-corrected chi connectivity index (χ4v) is 3.17. The van der Waals surface area contributed by atoms with Gasteiger partial charge in [0, 0.05) is 25.9 Å². The summed E-state index contributed by atoms with van der Waals surface area (Å²) < 4.78 is 1.04. The van der Waals surface area contributed by atoms with Crippen LogP contribution in [0.15, 0.2) is 24.3 Å². The van der Waals surface area contributed by atoms with Crippen molar-refractivity contribution in [3.63, 3.8) is 0 Å². The number of likely N-dealkylation sites (tertiary alicyclic amines) is 1. The van der Waals surface area contributed by atoms with Crippen LogP contribution in [-0.4, -0.2) is 35.3 Å². The lowest BCUT2D eigenvalue weighted by molar-refractivity contribution is -0.137. The maximum absolute atomic E-state index is 12.2. The van der Waals surface area contributed by atoms with Gasteiger partial charge in [-0.05, 0) is 18.6 Å². The van der Waals surface area contributed by atoms with Gasteiger partial charge in [0.25, 0.3) is 0 Å². The lowest BCUT2D eigenvalue weighted by Gasteiger charge is -2.27. The van der Waals surface area contributed by atoms with Crippen molar-refractivity contribution < 1.29 is 9.59 Å². The van der Waals surface area contributed by atoms with Gasteiger partial charge < -0.3 is 10.2 Å². The van der Waals surface area contributed by atoms with Crippen molar-refractivity contribution in [2.75, 3.05) is 18.9 Å². The van der Waals surface area contributed by atoms with E-state index in [0.717, 1.165) is 10.2 Å². The van der Waals surface area contributed by atoms with E-state index in [1.54, 1.807) is 11.9 Å². The molecule has 1 N–H and O–H groups in total. The highest BCUT2D eigenvalue weighted by atomic mass is 32.1. The van der Waals surface area contributed by atoms with Gasteiger partial charge in [-0.3, -0.25) is 9.59 Å². The Balaban J connectivity index is 1.71. The fourth-order valence-electron chi connectivity index (χ4n) is 2.30. The van der Waals surface area contributed by atoms with Crippen LogP contribution in [0.5, 0.6) is 0 Å². The minimum Gasteiger partial charge on any atom is -0.346 e. The number of aromatic nitrogens is 1. The first-order valence-electron chi connectivity index (χ1n) is 6.54. The average Bonchev–Trinajstić information content (AvgIpc) is 2.83. The third-order valence-electron chi connectivity index (χ3n) is 3.55. The maximum atomic E-state index is 12.2. The first-order valence-corrected chi connectivity index (χ1v) is 7.35. The molecular formula is C14H15N3O2S. The number of piperidine rings is 1. The maximum Gasteiger partial charge on any atom is 0.229 e. The van der Waals surface area contributed by atoms with Gasteiger partial charge in [0.05, 0.1) is 10.2 Å². The molecule has 0 spiro atoms. The van der Waals surface area contributed by atoms with Crippen LogP contribution in [0, 0.1) is 5.92 Å². The second kappa shape index (κ2) is 5.20. The first kappa shape index (κ1) is 13.1. The molecule has 1 aliphatic rings.